The fourth-order valence-electron chi connectivity index (χ4n) is 3.54. The highest BCUT2D eigenvalue weighted by Crippen LogP contribution is 2.29. The highest BCUT2D eigenvalue weighted by atomic mass is 16.5. The molecular formula is C23H20N2O8. The molecule has 2 aromatic rings. The molecule has 0 fully saturated rings. The van der Waals surface area contributed by atoms with Gasteiger partial charge in [0.2, 0.25) is 0 Å². The minimum absolute atomic E-state index is 0.0487. The van der Waals surface area contributed by atoms with Crippen molar-refractivity contribution in [2.24, 2.45) is 0 Å². The van der Waals surface area contributed by atoms with Crippen LogP contribution in [0.3, 0.4) is 0 Å². The molecule has 2 aliphatic rings. The molecule has 0 bridgehead atoms. The van der Waals surface area contributed by atoms with Gasteiger partial charge >= 0.3 is 5.97 Å². The Labute approximate surface area is 188 Å². The maximum atomic E-state index is 12.6. The number of benzene rings is 2. The van der Waals surface area contributed by atoms with Gasteiger partial charge in [0, 0.05) is 25.8 Å². The second-order valence-corrected chi connectivity index (χ2v) is 7.42. The Morgan fingerprint density at radius 3 is 2.58 bits per heavy atom. The zero-order chi connectivity index (χ0) is 23.5. The number of carbonyl (C=O) groups is 5. The summed E-state index contributed by atoms with van der Waals surface area (Å²) in [5.41, 5.74) is 0.966. The van der Waals surface area contributed by atoms with Crippen molar-refractivity contribution >= 4 is 35.2 Å². The summed E-state index contributed by atoms with van der Waals surface area (Å²) in [4.78, 5) is 62.5. The molecule has 0 aliphatic carbocycles. The van der Waals surface area contributed by atoms with Gasteiger partial charge in [0.1, 0.15) is 5.75 Å². The third-order valence-electron chi connectivity index (χ3n) is 5.21. The molecule has 1 N–H and O–H groups in total. The van der Waals surface area contributed by atoms with Crippen LogP contribution in [-0.2, 0) is 14.3 Å². The molecule has 0 saturated heterocycles. The van der Waals surface area contributed by atoms with Gasteiger partial charge in [0.25, 0.3) is 17.7 Å². The van der Waals surface area contributed by atoms with E-state index < -0.39 is 30.2 Å². The number of hydrogen-bond acceptors (Lipinski definition) is 8. The first kappa shape index (κ1) is 22.2. The number of Topliss-reactive ketones (excluding diaryl/α,β-unsaturated/α-hetero) is 1. The van der Waals surface area contributed by atoms with E-state index in [0.29, 0.717) is 24.5 Å². The SMILES string of the molecule is COCCCN1C(=O)c2ccc(C(=O)OCC(=O)c3ccc4c(c3)NC(=O)CO4)cc2C1=O. The standard InChI is InChI=1S/C23H20N2O8/c1-31-8-2-7-25-21(28)15-5-3-14(9-16(15)22(25)29)23(30)33-11-18(26)13-4-6-19-17(10-13)24-20(27)12-32-19/h3-6,9-10H,2,7-8,11-12H2,1H3,(H,24,27). The summed E-state index contributed by atoms with van der Waals surface area (Å²) >= 11 is 0. The lowest BCUT2D eigenvalue weighted by atomic mass is 10.1. The van der Waals surface area contributed by atoms with Gasteiger partial charge in [-0.3, -0.25) is 24.1 Å². The fourth-order valence-corrected chi connectivity index (χ4v) is 3.54. The van der Waals surface area contributed by atoms with Crippen LogP contribution >= 0.6 is 0 Å². The monoisotopic (exact) mass is 452 g/mol. The molecule has 10 nitrogen and oxygen atoms in total. The van der Waals surface area contributed by atoms with E-state index in [1.165, 1.54) is 37.4 Å². The quantitative estimate of drug-likeness (QED) is 0.277. The van der Waals surface area contributed by atoms with Crippen LogP contribution in [0.4, 0.5) is 5.69 Å². The van der Waals surface area contributed by atoms with Crippen molar-refractivity contribution in [1.29, 1.82) is 0 Å². The van der Waals surface area contributed by atoms with Gasteiger partial charge in [0.15, 0.2) is 19.0 Å². The summed E-state index contributed by atoms with van der Waals surface area (Å²) in [6, 6.07) is 8.57. The number of hydrogen-bond donors (Lipinski definition) is 1. The minimum atomic E-state index is -0.807. The number of amides is 3. The molecule has 2 heterocycles. The molecule has 0 atom stereocenters. The molecular weight excluding hydrogens is 432 g/mol. The number of methoxy groups -OCH3 is 1. The van der Waals surface area contributed by atoms with E-state index in [2.05, 4.69) is 5.32 Å². The number of nitrogens with zero attached hydrogens (tertiary/aromatic N) is 1. The maximum Gasteiger partial charge on any atom is 0.338 e. The van der Waals surface area contributed by atoms with E-state index in [1.807, 2.05) is 0 Å². The predicted octanol–water partition coefficient (Wildman–Crippen LogP) is 1.69. The van der Waals surface area contributed by atoms with Crippen molar-refractivity contribution in [3.05, 3.63) is 58.7 Å². The van der Waals surface area contributed by atoms with Gasteiger partial charge in [-0.15, -0.1) is 0 Å². The van der Waals surface area contributed by atoms with Gasteiger partial charge in [-0.2, -0.15) is 0 Å². The first-order valence-electron chi connectivity index (χ1n) is 10.1. The molecule has 2 aliphatic heterocycles. The Balaban J connectivity index is 1.41. The van der Waals surface area contributed by atoms with Crippen LogP contribution < -0.4 is 10.1 Å². The van der Waals surface area contributed by atoms with Gasteiger partial charge in [-0.05, 0) is 42.8 Å². The second-order valence-electron chi connectivity index (χ2n) is 7.42. The zero-order valence-electron chi connectivity index (χ0n) is 17.7. The van der Waals surface area contributed by atoms with E-state index >= 15 is 0 Å². The highest BCUT2D eigenvalue weighted by molar-refractivity contribution is 6.22. The van der Waals surface area contributed by atoms with Gasteiger partial charge in [-0.1, -0.05) is 0 Å². The van der Waals surface area contributed by atoms with Crippen molar-refractivity contribution < 1.29 is 38.2 Å². The Morgan fingerprint density at radius 1 is 1.03 bits per heavy atom. The van der Waals surface area contributed by atoms with Crippen molar-refractivity contribution in [1.82, 2.24) is 4.90 Å². The van der Waals surface area contributed by atoms with Crippen molar-refractivity contribution in [2.45, 2.75) is 6.42 Å². The summed E-state index contributed by atoms with van der Waals surface area (Å²) in [5.74, 6) is -2.10. The fraction of sp³-hybridized carbons (Fsp3) is 0.261. The normalized spacial score (nSPS) is 14.3. The highest BCUT2D eigenvalue weighted by Gasteiger charge is 2.35. The van der Waals surface area contributed by atoms with Gasteiger partial charge in [-0.25, -0.2) is 4.79 Å². The van der Waals surface area contributed by atoms with Crippen LogP contribution in [0.5, 0.6) is 5.75 Å². The Hall–Kier alpha value is -4.05. The summed E-state index contributed by atoms with van der Waals surface area (Å²) in [6.45, 7) is -0.0272. The van der Waals surface area contributed by atoms with E-state index in [9.17, 15) is 24.0 Å². The molecule has 0 radical (unpaired) electrons. The van der Waals surface area contributed by atoms with Crippen LogP contribution in [-0.4, -0.2) is 67.8 Å². The first-order chi connectivity index (χ1) is 15.9. The lowest BCUT2D eigenvalue weighted by Crippen LogP contribution is -2.31. The number of fused-ring (bicyclic) bond motifs is 2. The Morgan fingerprint density at radius 2 is 1.79 bits per heavy atom. The van der Waals surface area contributed by atoms with Crippen molar-refractivity contribution in [3.63, 3.8) is 0 Å². The maximum absolute atomic E-state index is 12.6. The number of ether oxygens (including phenoxy) is 3. The van der Waals surface area contributed by atoms with Gasteiger partial charge < -0.3 is 19.5 Å². The van der Waals surface area contributed by atoms with Crippen LogP contribution in [0, 0.1) is 0 Å². The summed E-state index contributed by atoms with van der Waals surface area (Å²) < 4.78 is 15.3. The van der Waals surface area contributed by atoms with Gasteiger partial charge in [0.05, 0.1) is 22.4 Å². The molecule has 3 amide bonds. The largest absolute Gasteiger partial charge is 0.482 e. The minimum Gasteiger partial charge on any atom is -0.482 e. The van der Waals surface area contributed by atoms with E-state index in [1.54, 1.807) is 6.07 Å². The Bertz CT molecular complexity index is 1170. The molecule has 10 heteroatoms. The lowest BCUT2D eigenvalue weighted by Gasteiger charge is -2.18. The third kappa shape index (κ3) is 4.46. The average molecular weight is 452 g/mol. The first-order valence-corrected chi connectivity index (χ1v) is 10.1. The molecule has 0 saturated carbocycles. The molecule has 0 aromatic heterocycles. The number of anilines is 1. The number of carbonyl (C=O) groups excluding carboxylic acids is 5. The third-order valence-corrected chi connectivity index (χ3v) is 5.21. The molecule has 170 valence electrons. The topological polar surface area (TPSA) is 128 Å². The van der Waals surface area contributed by atoms with Crippen molar-refractivity contribution in [3.8, 4) is 5.75 Å². The smallest absolute Gasteiger partial charge is 0.338 e. The molecule has 4 rings (SSSR count). The van der Waals surface area contributed by atoms with Crippen LogP contribution in [0.2, 0.25) is 0 Å². The van der Waals surface area contributed by atoms with E-state index in [0.717, 1.165) is 4.90 Å². The van der Waals surface area contributed by atoms with Crippen molar-refractivity contribution in [2.75, 3.05) is 38.8 Å². The van der Waals surface area contributed by atoms with Crippen LogP contribution in [0.1, 0.15) is 47.9 Å². The average Bonchev–Trinajstić information content (AvgIpc) is 3.06. The molecule has 2 aromatic carbocycles. The van der Waals surface area contributed by atoms with E-state index in [4.69, 9.17) is 14.2 Å². The predicted molar refractivity (Wildman–Crippen MR) is 113 cm³/mol. The summed E-state index contributed by atoms with van der Waals surface area (Å²) in [7, 11) is 1.53. The molecule has 0 spiro atoms. The Kier molecular flexibility index (Phi) is 6.18. The molecule has 0 unspecified atom stereocenters. The number of imide groups is 1. The number of ketones is 1. The van der Waals surface area contributed by atoms with Crippen LogP contribution in [0.25, 0.3) is 0 Å². The zero-order valence-corrected chi connectivity index (χ0v) is 17.7. The summed E-state index contributed by atoms with van der Waals surface area (Å²) in [6.07, 6.45) is 0.497. The molecule has 33 heavy (non-hydrogen) atoms. The number of esters is 1. The summed E-state index contributed by atoms with van der Waals surface area (Å²) in [5, 5.41) is 2.60. The number of rotatable bonds is 8. The number of nitrogens with one attached hydrogen (secondary N) is 1. The second kappa shape index (κ2) is 9.21. The lowest BCUT2D eigenvalue weighted by molar-refractivity contribution is -0.118. The van der Waals surface area contributed by atoms with Crippen LogP contribution in [0.15, 0.2) is 36.4 Å². The van der Waals surface area contributed by atoms with E-state index in [-0.39, 0.29) is 41.3 Å².